The molecule has 0 saturated heterocycles. The van der Waals surface area contributed by atoms with Crippen molar-refractivity contribution < 1.29 is 0 Å². The van der Waals surface area contributed by atoms with Gasteiger partial charge in [0.1, 0.15) is 0 Å². The van der Waals surface area contributed by atoms with Crippen molar-refractivity contribution in [2.24, 2.45) is 11.7 Å². The minimum absolute atomic E-state index is 0.311. The van der Waals surface area contributed by atoms with Crippen molar-refractivity contribution in [2.45, 2.75) is 45.2 Å². The summed E-state index contributed by atoms with van der Waals surface area (Å²) in [6, 6.07) is 9.68. The fraction of sp³-hybridized carbons (Fsp3) is 0.600. The van der Waals surface area contributed by atoms with E-state index < -0.39 is 0 Å². The molecule has 2 nitrogen and oxygen atoms in total. The van der Waals surface area contributed by atoms with Gasteiger partial charge in [0.05, 0.1) is 0 Å². The van der Waals surface area contributed by atoms with Gasteiger partial charge in [-0.15, -0.1) is 0 Å². The number of hydrogen-bond donors (Lipinski definition) is 2. The van der Waals surface area contributed by atoms with Crippen LogP contribution in [-0.4, -0.2) is 12.6 Å². The van der Waals surface area contributed by atoms with Gasteiger partial charge < -0.3 is 11.1 Å². The zero-order valence-corrected chi connectivity index (χ0v) is 10.9. The molecule has 3 N–H and O–H groups in total. The lowest BCUT2D eigenvalue weighted by atomic mass is 10.0. The smallest absolute Gasteiger partial charge is 0.0446 e. The highest BCUT2D eigenvalue weighted by Gasteiger charge is 2.23. The van der Waals surface area contributed by atoms with Crippen molar-refractivity contribution >= 4 is 0 Å². The molecule has 3 atom stereocenters. The van der Waals surface area contributed by atoms with Crippen LogP contribution in [-0.2, 0) is 0 Å². The van der Waals surface area contributed by atoms with Gasteiger partial charge in [0, 0.05) is 18.6 Å². The molecule has 17 heavy (non-hydrogen) atoms. The Kier molecular flexibility index (Phi) is 4.19. The summed E-state index contributed by atoms with van der Waals surface area (Å²) in [4.78, 5) is 0. The van der Waals surface area contributed by atoms with Gasteiger partial charge >= 0.3 is 0 Å². The number of benzene rings is 1. The topological polar surface area (TPSA) is 38.0 Å². The van der Waals surface area contributed by atoms with Crippen LogP contribution in [0.25, 0.3) is 0 Å². The maximum atomic E-state index is 5.89. The molecule has 1 aliphatic rings. The van der Waals surface area contributed by atoms with Crippen LogP contribution in [0.1, 0.15) is 43.4 Å². The van der Waals surface area contributed by atoms with E-state index in [1.54, 1.807) is 0 Å². The molecule has 0 heterocycles. The average molecular weight is 232 g/mol. The van der Waals surface area contributed by atoms with Crippen LogP contribution in [0.2, 0.25) is 0 Å². The van der Waals surface area contributed by atoms with E-state index in [1.165, 1.54) is 30.4 Å². The van der Waals surface area contributed by atoms with Crippen LogP contribution in [0, 0.1) is 12.8 Å². The summed E-state index contributed by atoms with van der Waals surface area (Å²) in [5.74, 6) is 0.865. The fourth-order valence-electron chi connectivity index (χ4n) is 2.74. The monoisotopic (exact) mass is 232 g/mol. The second-order valence-electron chi connectivity index (χ2n) is 5.48. The minimum atomic E-state index is 0.311. The van der Waals surface area contributed by atoms with Gasteiger partial charge in [-0.05, 0) is 37.7 Å². The zero-order valence-electron chi connectivity index (χ0n) is 10.9. The highest BCUT2D eigenvalue weighted by molar-refractivity contribution is 5.24. The standard InChI is InChI=1S/C15H24N2/c1-11-3-6-13(7-4-11)15(10-16)17-14-8-5-12(2)9-14/h3-4,6-7,12,14-15,17H,5,8-10,16H2,1-2H3. The number of rotatable bonds is 4. The highest BCUT2D eigenvalue weighted by Crippen LogP contribution is 2.26. The largest absolute Gasteiger partial charge is 0.329 e. The first kappa shape index (κ1) is 12.6. The minimum Gasteiger partial charge on any atom is -0.329 e. The molecule has 1 fully saturated rings. The van der Waals surface area contributed by atoms with E-state index in [4.69, 9.17) is 5.73 Å². The molecule has 2 rings (SSSR count). The molecule has 0 radical (unpaired) electrons. The molecule has 0 spiro atoms. The van der Waals surface area contributed by atoms with E-state index in [2.05, 4.69) is 43.4 Å². The first-order chi connectivity index (χ1) is 8.19. The van der Waals surface area contributed by atoms with Crippen LogP contribution in [0.15, 0.2) is 24.3 Å². The third-order valence-corrected chi connectivity index (χ3v) is 3.85. The summed E-state index contributed by atoms with van der Waals surface area (Å²) < 4.78 is 0. The quantitative estimate of drug-likeness (QED) is 0.837. The van der Waals surface area contributed by atoms with E-state index >= 15 is 0 Å². The van der Waals surface area contributed by atoms with Crippen molar-refractivity contribution in [3.8, 4) is 0 Å². The summed E-state index contributed by atoms with van der Waals surface area (Å²) in [6.07, 6.45) is 3.94. The molecule has 1 aromatic rings. The second-order valence-corrected chi connectivity index (χ2v) is 5.48. The summed E-state index contributed by atoms with van der Waals surface area (Å²) in [6.45, 7) is 5.13. The Morgan fingerprint density at radius 3 is 2.53 bits per heavy atom. The summed E-state index contributed by atoms with van der Waals surface area (Å²) in [7, 11) is 0. The molecule has 0 bridgehead atoms. The summed E-state index contributed by atoms with van der Waals surface area (Å²) >= 11 is 0. The van der Waals surface area contributed by atoms with Crippen LogP contribution in [0.3, 0.4) is 0 Å². The molecule has 0 aromatic heterocycles. The Morgan fingerprint density at radius 1 is 1.29 bits per heavy atom. The summed E-state index contributed by atoms with van der Waals surface area (Å²) in [5.41, 5.74) is 8.52. The lowest BCUT2D eigenvalue weighted by Crippen LogP contribution is -2.35. The number of nitrogens with one attached hydrogen (secondary N) is 1. The molecule has 94 valence electrons. The second kappa shape index (κ2) is 5.65. The van der Waals surface area contributed by atoms with E-state index in [9.17, 15) is 0 Å². The van der Waals surface area contributed by atoms with Crippen molar-refractivity contribution in [1.82, 2.24) is 5.32 Å². The Morgan fingerprint density at radius 2 is 2.00 bits per heavy atom. The fourth-order valence-corrected chi connectivity index (χ4v) is 2.74. The van der Waals surface area contributed by atoms with Crippen LogP contribution >= 0.6 is 0 Å². The average Bonchev–Trinajstić information content (AvgIpc) is 2.73. The highest BCUT2D eigenvalue weighted by atomic mass is 15.0. The van der Waals surface area contributed by atoms with Gasteiger partial charge in [-0.2, -0.15) is 0 Å². The lowest BCUT2D eigenvalue weighted by Gasteiger charge is -2.22. The predicted octanol–water partition coefficient (Wildman–Crippen LogP) is 2.77. The first-order valence-electron chi connectivity index (χ1n) is 6.71. The van der Waals surface area contributed by atoms with Gasteiger partial charge in [0.25, 0.3) is 0 Å². The third-order valence-electron chi connectivity index (χ3n) is 3.85. The maximum absolute atomic E-state index is 5.89. The summed E-state index contributed by atoms with van der Waals surface area (Å²) in [5, 5.41) is 3.71. The van der Waals surface area contributed by atoms with Gasteiger partial charge in [0.15, 0.2) is 0 Å². The molecular weight excluding hydrogens is 208 g/mol. The third kappa shape index (κ3) is 3.30. The van der Waals surface area contributed by atoms with E-state index in [1.807, 2.05) is 0 Å². The van der Waals surface area contributed by atoms with Crippen molar-refractivity contribution in [1.29, 1.82) is 0 Å². The van der Waals surface area contributed by atoms with Gasteiger partial charge in [-0.3, -0.25) is 0 Å². The molecule has 0 aliphatic heterocycles. The lowest BCUT2D eigenvalue weighted by molar-refractivity contribution is 0.434. The Bertz CT molecular complexity index is 344. The van der Waals surface area contributed by atoms with E-state index in [-0.39, 0.29) is 0 Å². The van der Waals surface area contributed by atoms with Crippen molar-refractivity contribution in [3.05, 3.63) is 35.4 Å². The Hall–Kier alpha value is -0.860. The molecule has 0 amide bonds. The van der Waals surface area contributed by atoms with Gasteiger partial charge in [-0.25, -0.2) is 0 Å². The van der Waals surface area contributed by atoms with E-state index in [0.29, 0.717) is 18.6 Å². The van der Waals surface area contributed by atoms with E-state index in [0.717, 1.165) is 5.92 Å². The van der Waals surface area contributed by atoms with Crippen LogP contribution < -0.4 is 11.1 Å². The molecular formula is C15H24N2. The Labute approximate surface area is 105 Å². The van der Waals surface area contributed by atoms with Crippen molar-refractivity contribution in [2.75, 3.05) is 6.54 Å². The Balaban J connectivity index is 1.98. The zero-order chi connectivity index (χ0) is 12.3. The molecule has 3 unspecified atom stereocenters. The van der Waals surface area contributed by atoms with Crippen LogP contribution in [0.5, 0.6) is 0 Å². The SMILES string of the molecule is Cc1ccc(C(CN)NC2CCC(C)C2)cc1. The first-order valence-corrected chi connectivity index (χ1v) is 6.71. The number of hydrogen-bond acceptors (Lipinski definition) is 2. The molecule has 1 aliphatic carbocycles. The number of nitrogens with two attached hydrogens (primary N) is 1. The normalized spacial score (nSPS) is 26.1. The molecule has 2 heteroatoms. The van der Waals surface area contributed by atoms with Crippen molar-refractivity contribution in [3.63, 3.8) is 0 Å². The molecule has 1 saturated carbocycles. The van der Waals surface area contributed by atoms with Crippen LogP contribution in [0.4, 0.5) is 0 Å². The predicted molar refractivity (Wildman–Crippen MR) is 72.9 cm³/mol. The van der Waals surface area contributed by atoms with Gasteiger partial charge in [0.2, 0.25) is 0 Å². The van der Waals surface area contributed by atoms with Gasteiger partial charge in [-0.1, -0.05) is 36.8 Å². The molecule has 1 aromatic carbocycles. The number of aryl methyl sites for hydroxylation is 1. The maximum Gasteiger partial charge on any atom is 0.0446 e.